The fourth-order valence-corrected chi connectivity index (χ4v) is 2.63. The van der Waals surface area contributed by atoms with Crippen molar-refractivity contribution in [1.82, 2.24) is 5.32 Å². The first-order chi connectivity index (χ1) is 11.0. The summed E-state index contributed by atoms with van der Waals surface area (Å²) in [5.74, 6) is 0.928. The van der Waals surface area contributed by atoms with E-state index in [1.807, 2.05) is 12.1 Å². The molecule has 0 radical (unpaired) electrons. The second kappa shape index (κ2) is 8.11. The van der Waals surface area contributed by atoms with Crippen LogP contribution in [0.1, 0.15) is 10.4 Å². The van der Waals surface area contributed by atoms with E-state index in [2.05, 4.69) is 33.2 Å². The molecule has 2 aromatic rings. The van der Waals surface area contributed by atoms with Crippen molar-refractivity contribution >= 4 is 51.5 Å². The third kappa shape index (κ3) is 4.80. The monoisotopic (exact) mass is 442 g/mol. The van der Waals surface area contributed by atoms with Crippen LogP contribution in [0, 0.1) is 3.57 Å². The SMILES string of the molecule is COc1ccc(NC(=S)NC(=O)c2cccc(I)c2)cc1OC. The van der Waals surface area contributed by atoms with E-state index in [4.69, 9.17) is 21.7 Å². The molecule has 120 valence electrons. The largest absolute Gasteiger partial charge is 0.493 e. The topological polar surface area (TPSA) is 59.6 Å². The normalized spacial score (nSPS) is 9.87. The molecule has 0 heterocycles. The Balaban J connectivity index is 2.03. The van der Waals surface area contributed by atoms with Crippen LogP contribution in [0.4, 0.5) is 5.69 Å². The number of rotatable bonds is 4. The van der Waals surface area contributed by atoms with Crippen LogP contribution in [0.2, 0.25) is 0 Å². The number of anilines is 1. The van der Waals surface area contributed by atoms with Crippen molar-refractivity contribution < 1.29 is 14.3 Å². The molecule has 0 aromatic heterocycles. The maximum atomic E-state index is 12.1. The molecule has 0 aliphatic rings. The van der Waals surface area contributed by atoms with Gasteiger partial charge in [0.1, 0.15) is 0 Å². The number of ether oxygens (including phenoxy) is 2. The molecule has 5 nitrogen and oxygen atoms in total. The number of methoxy groups -OCH3 is 2. The van der Waals surface area contributed by atoms with Crippen molar-refractivity contribution in [2.45, 2.75) is 0 Å². The molecule has 0 aliphatic heterocycles. The molecule has 0 atom stereocenters. The van der Waals surface area contributed by atoms with Gasteiger partial charge in [-0.15, -0.1) is 0 Å². The van der Waals surface area contributed by atoms with E-state index >= 15 is 0 Å². The van der Waals surface area contributed by atoms with Gasteiger partial charge in [-0.2, -0.15) is 0 Å². The molecule has 2 rings (SSSR count). The molecule has 1 amide bonds. The first-order valence-corrected chi connectivity index (χ1v) is 8.12. The van der Waals surface area contributed by atoms with Crippen LogP contribution in [-0.2, 0) is 0 Å². The summed E-state index contributed by atoms with van der Waals surface area (Å²) in [6.45, 7) is 0. The average Bonchev–Trinajstić information content (AvgIpc) is 2.54. The summed E-state index contributed by atoms with van der Waals surface area (Å²) in [6, 6.07) is 12.5. The number of hydrogen-bond donors (Lipinski definition) is 2. The van der Waals surface area contributed by atoms with Crippen molar-refractivity contribution in [2.24, 2.45) is 0 Å². The number of amides is 1. The Bertz CT molecular complexity index is 737. The minimum Gasteiger partial charge on any atom is -0.493 e. The van der Waals surface area contributed by atoms with Gasteiger partial charge in [0.05, 0.1) is 14.2 Å². The first kappa shape index (κ1) is 17.5. The van der Waals surface area contributed by atoms with Crippen LogP contribution in [0.3, 0.4) is 0 Å². The molecule has 7 heteroatoms. The van der Waals surface area contributed by atoms with Gasteiger partial charge >= 0.3 is 0 Å². The second-order valence-corrected chi connectivity index (χ2v) is 6.14. The van der Waals surface area contributed by atoms with Crippen LogP contribution >= 0.6 is 34.8 Å². The Hall–Kier alpha value is -1.87. The Labute approximate surface area is 153 Å². The zero-order valence-corrected chi connectivity index (χ0v) is 15.5. The number of halogens is 1. The van der Waals surface area contributed by atoms with Crippen LogP contribution < -0.4 is 20.1 Å². The lowest BCUT2D eigenvalue weighted by Crippen LogP contribution is -2.34. The molecule has 0 saturated carbocycles. The van der Waals surface area contributed by atoms with Crippen molar-refractivity contribution in [2.75, 3.05) is 19.5 Å². The summed E-state index contributed by atoms with van der Waals surface area (Å²) >= 11 is 7.32. The number of benzene rings is 2. The van der Waals surface area contributed by atoms with Gasteiger partial charge in [-0.1, -0.05) is 6.07 Å². The predicted molar refractivity (Wildman–Crippen MR) is 102 cm³/mol. The quantitative estimate of drug-likeness (QED) is 0.562. The third-order valence-electron chi connectivity index (χ3n) is 2.96. The van der Waals surface area contributed by atoms with E-state index in [1.54, 1.807) is 44.6 Å². The maximum Gasteiger partial charge on any atom is 0.257 e. The molecular formula is C16H15IN2O3S. The van der Waals surface area contributed by atoms with E-state index in [-0.39, 0.29) is 11.0 Å². The molecule has 0 aliphatic carbocycles. The standard InChI is InChI=1S/C16H15IN2O3S/c1-21-13-7-6-12(9-14(13)22-2)18-16(23)19-15(20)10-4-3-5-11(17)8-10/h3-9H,1-2H3,(H2,18,19,20,23). The van der Waals surface area contributed by atoms with E-state index < -0.39 is 0 Å². The molecule has 2 aromatic carbocycles. The Morgan fingerprint density at radius 1 is 1.09 bits per heavy atom. The van der Waals surface area contributed by atoms with Crippen molar-refractivity contribution in [3.05, 3.63) is 51.6 Å². The highest BCUT2D eigenvalue weighted by atomic mass is 127. The molecule has 0 unspecified atom stereocenters. The smallest absolute Gasteiger partial charge is 0.257 e. The summed E-state index contributed by atoms with van der Waals surface area (Å²) in [6.07, 6.45) is 0. The van der Waals surface area contributed by atoms with Crippen LogP contribution in [0.5, 0.6) is 11.5 Å². The summed E-state index contributed by atoms with van der Waals surface area (Å²) in [7, 11) is 3.12. The lowest BCUT2D eigenvalue weighted by molar-refractivity contribution is 0.0977. The van der Waals surface area contributed by atoms with Gasteiger partial charge in [0.15, 0.2) is 16.6 Å². The van der Waals surface area contributed by atoms with E-state index in [1.165, 1.54) is 0 Å². The predicted octanol–water partition coefficient (Wildman–Crippen LogP) is 3.44. The van der Waals surface area contributed by atoms with Crippen molar-refractivity contribution in [1.29, 1.82) is 0 Å². The summed E-state index contributed by atoms with van der Waals surface area (Å²) in [5.41, 5.74) is 1.24. The lowest BCUT2D eigenvalue weighted by atomic mass is 10.2. The van der Waals surface area contributed by atoms with Gasteiger partial charge in [-0.25, -0.2) is 0 Å². The zero-order valence-electron chi connectivity index (χ0n) is 12.6. The lowest BCUT2D eigenvalue weighted by Gasteiger charge is -2.12. The summed E-state index contributed by atoms with van der Waals surface area (Å²) in [5, 5.41) is 5.80. The van der Waals surface area contributed by atoms with Crippen molar-refractivity contribution in [3.8, 4) is 11.5 Å². The van der Waals surface area contributed by atoms with Gasteiger partial charge in [-0.3, -0.25) is 10.1 Å². The maximum absolute atomic E-state index is 12.1. The Morgan fingerprint density at radius 2 is 1.83 bits per heavy atom. The number of carbonyl (C=O) groups is 1. The molecule has 0 bridgehead atoms. The van der Waals surface area contributed by atoms with Gasteiger partial charge in [0, 0.05) is 20.9 Å². The van der Waals surface area contributed by atoms with E-state index in [9.17, 15) is 4.79 Å². The first-order valence-electron chi connectivity index (χ1n) is 6.63. The molecular weight excluding hydrogens is 427 g/mol. The van der Waals surface area contributed by atoms with Gasteiger partial charge in [-0.05, 0) is 65.1 Å². The highest BCUT2D eigenvalue weighted by Gasteiger charge is 2.10. The summed E-state index contributed by atoms with van der Waals surface area (Å²) in [4.78, 5) is 12.1. The Kier molecular flexibility index (Phi) is 6.17. The van der Waals surface area contributed by atoms with Crippen LogP contribution in [0.15, 0.2) is 42.5 Å². The number of thiocarbonyl (C=S) groups is 1. The molecule has 0 fully saturated rings. The minimum absolute atomic E-state index is 0.209. The highest BCUT2D eigenvalue weighted by Crippen LogP contribution is 2.29. The van der Waals surface area contributed by atoms with E-state index in [0.717, 1.165) is 3.57 Å². The van der Waals surface area contributed by atoms with Gasteiger partial charge < -0.3 is 14.8 Å². The number of carbonyl (C=O) groups excluding carboxylic acids is 1. The van der Waals surface area contributed by atoms with Crippen LogP contribution in [0.25, 0.3) is 0 Å². The zero-order chi connectivity index (χ0) is 16.8. The van der Waals surface area contributed by atoms with Gasteiger partial charge in [0.25, 0.3) is 5.91 Å². The van der Waals surface area contributed by atoms with E-state index in [0.29, 0.717) is 22.7 Å². The third-order valence-corrected chi connectivity index (χ3v) is 3.83. The molecule has 0 saturated heterocycles. The Morgan fingerprint density at radius 3 is 2.48 bits per heavy atom. The minimum atomic E-state index is -0.263. The number of nitrogens with one attached hydrogen (secondary N) is 2. The molecule has 0 spiro atoms. The van der Waals surface area contributed by atoms with Gasteiger partial charge in [0.2, 0.25) is 0 Å². The highest BCUT2D eigenvalue weighted by molar-refractivity contribution is 14.1. The van der Waals surface area contributed by atoms with Crippen molar-refractivity contribution in [3.63, 3.8) is 0 Å². The number of hydrogen-bond acceptors (Lipinski definition) is 4. The average molecular weight is 442 g/mol. The fraction of sp³-hybridized carbons (Fsp3) is 0.125. The molecule has 2 N–H and O–H groups in total. The fourth-order valence-electron chi connectivity index (χ4n) is 1.88. The summed E-state index contributed by atoms with van der Waals surface area (Å²) < 4.78 is 11.4. The second-order valence-electron chi connectivity index (χ2n) is 4.49. The van der Waals surface area contributed by atoms with Crippen LogP contribution in [-0.4, -0.2) is 25.2 Å². The molecule has 23 heavy (non-hydrogen) atoms.